The standard InChI is InChI=1S/C11H15NO3S/c1-9-4-6-10(7-5-9)16(14,12-2)8-11(13)15-3/h4-7H,8H2,1-3H3. The second kappa shape index (κ2) is 5.12. The number of aryl methyl sites for hydroxylation is 1. The molecule has 1 aromatic carbocycles. The van der Waals surface area contributed by atoms with E-state index in [0.717, 1.165) is 5.56 Å². The molecule has 16 heavy (non-hydrogen) atoms. The number of esters is 1. The number of hydrogen-bond donors (Lipinski definition) is 0. The van der Waals surface area contributed by atoms with E-state index in [1.807, 2.05) is 19.1 Å². The summed E-state index contributed by atoms with van der Waals surface area (Å²) < 4.78 is 20.7. The van der Waals surface area contributed by atoms with E-state index in [2.05, 4.69) is 9.10 Å². The van der Waals surface area contributed by atoms with Crippen LogP contribution in [0.2, 0.25) is 0 Å². The minimum absolute atomic E-state index is 0.205. The van der Waals surface area contributed by atoms with Gasteiger partial charge in [0.2, 0.25) is 0 Å². The van der Waals surface area contributed by atoms with Crippen LogP contribution in [0.1, 0.15) is 5.56 Å². The number of hydrogen-bond acceptors (Lipinski definition) is 4. The Morgan fingerprint density at radius 3 is 2.38 bits per heavy atom. The molecule has 0 saturated heterocycles. The topological polar surface area (TPSA) is 55.7 Å². The van der Waals surface area contributed by atoms with E-state index in [1.54, 1.807) is 12.1 Å². The molecule has 0 bridgehead atoms. The average Bonchev–Trinajstić information content (AvgIpc) is 2.29. The molecule has 0 spiro atoms. The Labute approximate surface area is 95.8 Å². The van der Waals surface area contributed by atoms with E-state index in [1.165, 1.54) is 14.2 Å². The quantitative estimate of drug-likeness (QED) is 0.756. The Balaban J connectivity index is 3.12. The molecule has 5 heteroatoms. The van der Waals surface area contributed by atoms with E-state index in [9.17, 15) is 9.00 Å². The number of carbonyl (C=O) groups is 1. The highest BCUT2D eigenvalue weighted by molar-refractivity contribution is 7.94. The number of ether oxygens (including phenoxy) is 1. The minimum atomic E-state index is -2.68. The Morgan fingerprint density at radius 2 is 1.94 bits per heavy atom. The summed E-state index contributed by atoms with van der Waals surface area (Å²) in [5, 5.41) is 0. The van der Waals surface area contributed by atoms with Crippen molar-refractivity contribution in [2.45, 2.75) is 11.8 Å². The largest absolute Gasteiger partial charge is 0.468 e. The summed E-state index contributed by atoms with van der Waals surface area (Å²) in [6.45, 7) is 1.94. The van der Waals surface area contributed by atoms with Gasteiger partial charge in [-0.15, -0.1) is 0 Å². The smallest absolute Gasteiger partial charge is 0.319 e. The second-order valence-corrected chi connectivity index (χ2v) is 5.76. The van der Waals surface area contributed by atoms with Gasteiger partial charge in [0.1, 0.15) is 5.75 Å². The second-order valence-electron chi connectivity index (χ2n) is 3.36. The third kappa shape index (κ3) is 2.82. The van der Waals surface area contributed by atoms with Gasteiger partial charge in [0.15, 0.2) is 0 Å². The minimum Gasteiger partial charge on any atom is -0.468 e. The molecule has 0 aliphatic heterocycles. The number of carbonyl (C=O) groups excluding carboxylic acids is 1. The van der Waals surface area contributed by atoms with Crippen molar-refractivity contribution in [1.29, 1.82) is 0 Å². The number of nitrogens with zero attached hydrogens (tertiary/aromatic N) is 1. The van der Waals surface area contributed by atoms with Crippen molar-refractivity contribution in [2.24, 2.45) is 4.36 Å². The summed E-state index contributed by atoms with van der Waals surface area (Å²) in [5.74, 6) is -0.723. The number of rotatable bonds is 3. The van der Waals surface area contributed by atoms with Gasteiger partial charge >= 0.3 is 5.97 Å². The van der Waals surface area contributed by atoms with E-state index in [4.69, 9.17) is 0 Å². The first-order valence-corrected chi connectivity index (χ1v) is 6.46. The number of benzene rings is 1. The fraction of sp³-hybridized carbons (Fsp3) is 0.364. The maximum absolute atomic E-state index is 12.4. The highest BCUT2D eigenvalue weighted by Gasteiger charge is 2.16. The third-order valence-corrected chi connectivity index (χ3v) is 4.45. The van der Waals surface area contributed by atoms with Gasteiger partial charge in [-0.1, -0.05) is 17.7 Å². The van der Waals surface area contributed by atoms with Crippen molar-refractivity contribution in [2.75, 3.05) is 19.9 Å². The normalized spacial score (nSPS) is 13.9. The molecule has 0 fully saturated rings. The highest BCUT2D eigenvalue weighted by atomic mass is 32.2. The Kier molecular flexibility index (Phi) is 4.06. The lowest BCUT2D eigenvalue weighted by Gasteiger charge is -2.08. The fourth-order valence-corrected chi connectivity index (χ4v) is 2.73. The van der Waals surface area contributed by atoms with Crippen LogP contribution in [0.5, 0.6) is 0 Å². The van der Waals surface area contributed by atoms with Gasteiger partial charge in [-0.2, -0.15) is 0 Å². The molecule has 0 aliphatic rings. The average molecular weight is 241 g/mol. The van der Waals surface area contributed by atoms with Gasteiger partial charge in [0, 0.05) is 11.9 Å². The molecule has 88 valence electrons. The van der Waals surface area contributed by atoms with Crippen LogP contribution < -0.4 is 0 Å². The van der Waals surface area contributed by atoms with Crippen molar-refractivity contribution in [3.63, 3.8) is 0 Å². The zero-order valence-electron chi connectivity index (χ0n) is 9.60. The molecule has 1 unspecified atom stereocenters. The van der Waals surface area contributed by atoms with Crippen molar-refractivity contribution >= 4 is 15.7 Å². The molecule has 0 aromatic heterocycles. The van der Waals surface area contributed by atoms with Gasteiger partial charge in [0.05, 0.1) is 16.8 Å². The summed E-state index contributed by atoms with van der Waals surface area (Å²) >= 11 is 0. The van der Waals surface area contributed by atoms with Gasteiger partial charge in [-0.3, -0.25) is 4.79 Å². The van der Waals surface area contributed by atoms with Crippen LogP contribution in [0.25, 0.3) is 0 Å². The van der Waals surface area contributed by atoms with E-state index in [0.29, 0.717) is 4.90 Å². The Bertz CT molecular complexity index is 484. The van der Waals surface area contributed by atoms with Crippen LogP contribution >= 0.6 is 0 Å². The maximum Gasteiger partial charge on any atom is 0.319 e. The molecule has 0 saturated carbocycles. The third-order valence-electron chi connectivity index (χ3n) is 2.23. The van der Waals surface area contributed by atoms with Crippen LogP contribution in [0.15, 0.2) is 33.5 Å². The van der Waals surface area contributed by atoms with Crippen LogP contribution in [-0.4, -0.2) is 30.1 Å². The summed E-state index contributed by atoms with van der Waals surface area (Å²) in [5.41, 5.74) is 1.07. The van der Waals surface area contributed by atoms with Gasteiger partial charge in [-0.05, 0) is 19.1 Å². The Morgan fingerprint density at radius 1 is 1.38 bits per heavy atom. The van der Waals surface area contributed by atoms with Crippen LogP contribution in [-0.2, 0) is 19.3 Å². The van der Waals surface area contributed by atoms with Crippen molar-refractivity contribution < 1.29 is 13.7 Å². The summed E-state index contributed by atoms with van der Waals surface area (Å²) in [7, 11) is 0.0371. The molecular weight excluding hydrogens is 226 g/mol. The molecule has 0 N–H and O–H groups in total. The van der Waals surface area contributed by atoms with Crippen molar-refractivity contribution in [3.05, 3.63) is 29.8 Å². The molecule has 1 atom stereocenters. The molecule has 1 aromatic rings. The SMILES string of the molecule is CN=S(=O)(CC(=O)OC)c1ccc(C)cc1. The number of methoxy groups -OCH3 is 1. The summed E-state index contributed by atoms with van der Waals surface area (Å²) in [6.07, 6.45) is 0. The molecule has 0 radical (unpaired) electrons. The molecule has 0 amide bonds. The first-order valence-electron chi connectivity index (χ1n) is 4.78. The van der Waals surface area contributed by atoms with E-state index >= 15 is 0 Å². The first kappa shape index (κ1) is 12.7. The molecule has 0 aliphatic carbocycles. The lowest BCUT2D eigenvalue weighted by Crippen LogP contribution is -2.17. The zero-order valence-corrected chi connectivity index (χ0v) is 10.4. The first-order chi connectivity index (χ1) is 7.51. The van der Waals surface area contributed by atoms with Crippen LogP contribution in [0.4, 0.5) is 0 Å². The van der Waals surface area contributed by atoms with Crippen molar-refractivity contribution in [3.8, 4) is 0 Å². The zero-order chi connectivity index (χ0) is 12.2. The predicted molar refractivity (Wildman–Crippen MR) is 62.8 cm³/mol. The predicted octanol–water partition coefficient (Wildman–Crippen LogP) is 1.62. The Hall–Kier alpha value is -1.36. The van der Waals surface area contributed by atoms with Gasteiger partial charge < -0.3 is 4.74 Å². The monoisotopic (exact) mass is 241 g/mol. The molecular formula is C11H15NO3S. The van der Waals surface area contributed by atoms with Crippen molar-refractivity contribution in [1.82, 2.24) is 0 Å². The van der Waals surface area contributed by atoms with E-state index < -0.39 is 15.7 Å². The van der Waals surface area contributed by atoms with Gasteiger partial charge in [-0.25, -0.2) is 8.57 Å². The molecule has 1 rings (SSSR count). The van der Waals surface area contributed by atoms with E-state index in [-0.39, 0.29) is 5.75 Å². The maximum atomic E-state index is 12.4. The summed E-state index contributed by atoms with van der Waals surface area (Å²) in [6, 6.07) is 7.15. The lowest BCUT2D eigenvalue weighted by atomic mass is 10.2. The fourth-order valence-electron chi connectivity index (χ4n) is 1.22. The molecule has 0 heterocycles. The van der Waals surface area contributed by atoms with Gasteiger partial charge in [0.25, 0.3) is 0 Å². The lowest BCUT2D eigenvalue weighted by molar-refractivity contribution is -0.137. The molecule has 4 nitrogen and oxygen atoms in total. The van der Waals surface area contributed by atoms with Crippen LogP contribution in [0.3, 0.4) is 0 Å². The summed E-state index contributed by atoms with van der Waals surface area (Å²) in [4.78, 5) is 11.7. The highest BCUT2D eigenvalue weighted by Crippen LogP contribution is 2.14. The van der Waals surface area contributed by atoms with Crippen LogP contribution in [0, 0.1) is 6.92 Å².